The highest BCUT2D eigenvalue weighted by Gasteiger charge is 2.37. The Balaban J connectivity index is 4.26. The van der Waals surface area contributed by atoms with Crippen molar-refractivity contribution >= 4 is 14.2 Å². The number of rotatable bonds is 7. The third kappa shape index (κ3) is 5.53. The first-order valence-electron chi connectivity index (χ1n) is 7.07. The molecule has 0 heterocycles. The summed E-state index contributed by atoms with van der Waals surface area (Å²) < 4.78 is 6.11. The van der Waals surface area contributed by atoms with E-state index in [4.69, 9.17) is 4.43 Å². The molecule has 0 aliphatic heterocycles. The Morgan fingerprint density at radius 3 is 2.11 bits per heavy atom. The van der Waals surface area contributed by atoms with E-state index in [0.717, 1.165) is 19.5 Å². The van der Waals surface area contributed by atoms with Gasteiger partial charge < -0.3 is 9.33 Å². The Bertz CT molecular complexity index is 259. The van der Waals surface area contributed by atoms with Gasteiger partial charge in [0.05, 0.1) is 6.61 Å². The first kappa shape index (κ1) is 17.6. The first-order valence-corrected chi connectivity index (χ1v) is 9.98. The predicted molar refractivity (Wildman–Crippen MR) is 80.3 cm³/mol. The van der Waals surface area contributed by atoms with E-state index in [9.17, 15) is 4.79 Å². The van der Waals surface area contributed by atoms with E-state index in [1.54, 1.807) is 0 Å². The molecule has 4 heteroatoms. The Morgan fingerprint density at radius 2 is 1.72 bits per heavy atom. The van der Waals surface area contributed by atoms with E-state index < -0.39 is 8.32 Å². The van der Waals surface area contributed by atoms with E-state index in [1.807, 2.05) is 11.8 Å². The number of carbonyl (C=O) groups excluding carboxylic acids is 1. The molecule has 0 aromatic carbocycles. The van der Waals surface area contributed by atoms with E-state index in [1.165, 1.54) is 0 Å². The van der Waals surface area contributed by atoms with Crippen LogP contribution in [-0.2, 0) is 9.22 Å². The van der Waals surface area contributed by atoms with Crippen molar-refractivity contribution in [2.75, 3.05) is 19.7 Å². The zero-order chi connectivity index (χ0) is 14.4. The Morgan fingerprint density at radius 1 is 1.17 bits per heavy atom. The Labute approximate surface area is 114 Å². The molecular weight excluding hydrogens is 242 g/mol. The monoisotopic (exact) mass is 273 g/mol. The lowest BCUT2D eigenvalue weighted by molar-refractivity contribution is -0.131. The van der Waals surface area contributed by atoms with Crippen molar-refractivity contribution in [2.24, 2.45) is 0 Å². The topological polar surface area (TPSA) is 29.5 Å². The van der Waals surface area contributed by atoms with Gasteiger partial charge >= 0.3 is 0 Å². The first-order chi connectivity index (χ1) is 8.15. The highest BCUT2D eigenvalue weighted by molar-refractivity contribution is 6.74. The summed E-state index contributed by atoms with van der Waals surface area (Å²) in [6.07, 6.45) is 1.59. The van der Waals surface area contributed by atoms with Gasteiger partial charge in [-0.05, 0) is 24.6 Å². The minimum Gasteiger partial charge on any atom is -0.415 e. The molecule has 18 heavy (non-hydrogen) atoms. The van der Waals surface area contributed by atoms with Crippen molar-refractivity contribution in [3.63, 3.8) is 0 Å². The molecule has 0 spiro atoms. The number of hydrogen-bond donors (Lipinski definition) is 0. The average Bonchev–Trinajstić information content (AvgIpc) is 2.25. The maximum atomic E-state index is 11.7. The van der Waals surface area contributed by atoms with Gasteiger partial charge in [-0.1, -0.05) is 34.6 Å². The van der Waals surface area contributed by atoms with Crippen molar-refractivity contribution in [1.82, 2.24) is 4.90 Å². The molecule has 0 fully saturated rings. The largest absolute Gasteiger partial charge is 0.415 e. The summed E-state index contributed by atoms with van der Waals surface area (Å²) >= 11 is 0. The summed E-state index contributed by atoms with van der Waals surface area (Å²) in [7, 11) is -1.68. The maximum Gasteiger partial charge on any atom is 0.222 e. The summed E-state index contributed by atoms with van der Waals surface area (Å²) in [4.78, 5) is 13.7. The van der Waals surface area contributed by atoms with E-state index in [2.05, 4.69) is 40.8 Å². The van der Waals surface area contributed by atoms with Crippen molar-refractivity contribution in [2.45, 2.75) is 65.6 Å². The molecule has 0 unspecified atom stereocenters. The summed E-state index contributed by atoms with van der Waals surface area (Å²) in [6.45, 7) is 17.5. The lowest BCUT2D eigenvalue weighted by Crippen LogP contribution is -2.43. The van der Waals surface area contributed by atoms with E-state index >= 15 is 0 Å². The van der Waals surface area contributed by atoms with Gasteiger partial charge in [-0.3, -0.25) is 4.79 Å². The molecule has 0 aromatic rings. The molecular formula is C14H31NO2Si. The van der Waals surface area contributed by atoms with Crippen LogP contribution in [-0.4, -0.2) is 38.8 Å². The molecule has 0 N–H and O–H groups in total. The van der Waals surface area contributed by atoms with Crippen molar-refractivity contribution in [3.05, 3.63) is 0 Å². The van der Waals surface area contributed by atoms with Crippen LogP contribution in [0.4, 0.5) is 0 Å². The van der Waals surface area contributed by atoms with Crippen LogP contribution >= 0.6 is 0 Å². The molecule has 1 amide bonds. The van der Waals surface area contributed by atoms with Crippen molar-refractivity contribution in [3.8, 4) is 0 Å². The Hall–Kier alpha value is -0.353. The van der Waals surface area contributed by atoms with Gasteiger partial charge in [-0.25, -0.2) is 0 Å². The van der Waals surface area contributed by atoms with E-state index in [-0.39, 0.29) is 10.9 Å². The van der Waals surface area contributed by atoms with Crippen molar-refractivity contribution < 1.29 is 9.22 Å². The third-order valence-electron chi connectivity index (χ3n) is 3.78. The fourth-order valence-corrected chi connectivity index (χ4v) is 2.52. The van der Waals surface area contributed by atoms with Crippen LogP contribution in [0.25, 0.3) is 0 Å². The summed E-state index contributed by atoms with van der Waals surface area (Å²) in [5.41, 5.74) is 0. The van der Waals surface area contributed by atoms with Crippen LogP contribution < -0.4 is 0 Å². The quantitative estimate of drug-likeness (QED) is 0.663. The molecule has 0 atom stereocenters. The van der Waals surface area contributed by atoms with Crippen molar-refractivity contribution in [1.29, 1.82) is 0 Å². The maximum absolute atomic E-state index is 11.7. The highest BCUT2D eigenvalue weighted by Crippen LogP contribution is 2.36. The third-order valence-corrected chi connectivity index (χ3v) is 8.32. The standard InChI is InChI=1S/C14H31NO2Si/c1-8-10-15(13(16)9-2)11-12-17-18(6,7)14(3,4)5/h8-12H2,1-7H3. The van der Waals surface area contributed by atoms with Gasteiger partial charge in [-0.15, -0.1) is 0 Å². The number of nitrogens with zero attached hydrogens (tertiary/aromatic N) is 1. The minimum atomic E-state index is -1.68. The molecule has 0 saturated carbocycles. The smallest absolute Gasteiger partial charge is 0.222 e. The van der Waals surface area contributed by atoms with Gasteiger partial charge in [0.15, 0.2) is 8.32 Å². The second kappa shape index (κ2) is 7.29. The zero-order valence-corrected chi connectivity index (χ0v) is 14.3. The predicted octanol–water partition coefficient (Wildman–Crippen LogP) is 3.66. The Kier molecular flexibility index (Phi) is 7.15. The second-order valence-electron chi connectivity index (χ2n) is 6.34. The SMILES string of the molecule is CCCN(CCO[Si](C)(C)C(C)(C)C)C(=O)CC. The van der Waals surface area contributed by atoms with Gasteiger partial charge in [-0.2, -0.15) is 0 Å². The lowest BCUT2D eigenvalue weighted by atomic mass is 10.2. The highest BCUT2D eigenvalue weighted by atomic mass is 28.4. The van der Waals surface area contributed by atoms with E-state index in [0.29, 0.717) is 13.0 Å². The zero-order valence-electron chi connectivity index (χ0n) is 13.3. The van der Waals surface area contributed by atoms with Crippen LogP contribution in [0.3, 0.4) is 0 Å². The van der Waals surface area contributed by atoms with Gasteiger partial charge in [0.25, 0.3) is 0 Å². The molecule has 3 nitrogen and oxygen atoms in total. The van der Waals surface area contributed by atoms with Crippen LogP contribution in [0.1, 0.15) is 47.5 Å². The number of carbonyl (C=O) groups is 1. The minimum absolute atomic E-state index is 0.232. The molecule has 0 aliphatic carbocycles. The molecule has 0 aliphatic rings. The molecule has 0 bridgehead atoms. The van der Waals surface area contributed by atoms with Gasteiger partial charge in [0.1, 0.15) is 0 Å². The van der Waals surface area contributed by atoms with Crippen LogP contribution in [0.5, 0.6) is 0 Å². The van der Waals surface area contributed by atoms with Crippen LogP contribution in [0.15, 0.2) is 0 Å². The fraction of sp³-hybridized carbons (Fsp3) is 0.929. The fourth-order valence-electron chi connectivity index (χ4n) is 1.48. The summed E-state index contributed by atoms with van der Waals surface area (Å²) in [5.74, 6) is 0.232. The van der Waals surface area contributed by atoms with Gasteiger partial charge in [0, 0.05) is 19.5 Å². The summed E-state index contributed by atoms with van der Waals surface area (Å²) in [6, 6.07) is 0. The van der Waals surface area contributed by atoms with Crippen LogP contribution in [0.2, 0.25) is 18.1 Å². The molecule has 0 rings (SSSR count). The second-order valence-corrected chi connectivity index (χ2v) is 11.2. The average molecular weight is 273 g/mol. The molecule has 0 radical (unpaired) electrons. The molecule has 0 aromatic heterocycles. The number of amides is 1. The lowest BCUT2D eigenvalue weighted by Gasteiger charge is -2.36. The molecule has 108 valence electrons. The summed E-state index contributed by atoms with van der Waals surface area (Å²) in [5, 5.41) is 0.233. The normalized spacial score (nSPS) is 12.6. The van der Waals surface area contributed by atoms with Crippen LogP contribution in [0, 0.1) is 0 Å². The van der Waals surface area contributed by atoms with Gasteiger partial charge in [0.2, 0.25) is 5.91 Å². The number of hydrogen-bond acceptors (Lipinski definition) is 2. The molecule has 0 saturated heterocycles.